The molecule has 0 amide bonds. The van der Waals surface area contributed by atoms with Crippen LogP contribution in [0, 0.1) is 34.0 Å². The third-order valence-electron chi connectivity index (χ3n) is 12.3. The van der Waals surface area contributed by atoms with Crippen LogP contribution < -0.4 is 0 Å². The van der Waals surface area contributed by atoms with Gasteiger partial charge in [-0.2, -0.15) is 15.8 Å². The van der Waals surface area contributed by atoms with Crippen LogP contribution in [0.15, 0.2) is 186 Å². The van der Waals surface area contributed by atoms with E-state index >= 15 is 0 Å². The monoisotopic (exact) mass is 818 g/mol. The van der Waals surface area contributed by atoms with Gasteiger partial charge in [0.2, 0.25) is 0 Å². The summed E-state index contributed by atoms with van der Waals surface area (Å²) in [4.78, 5) is 0. The first-order valence-electron chi connectivity index (χ1n) is 20.6. The number of thiophene rings is 1. The Morgan fingerprint density at radius 1 is 0.365 bits per heavy atom. The van der Waals surface area contributed by atoms with Crippen LogP contribution in [0.3, 0.4) is 0 Å². The Balaban J connectivity index is 1.39. The van der Waals surface area contributed by atoms with E-state index in [0.717, 1.165) is 81.8 Å². The zero-order valence-corrected chi connectivity index (χ0v) is 34.2. The first-order valence-corrected chi connectivity index (χ1v) is 21.4. The van der Waals surface area contributed by atoms with Crippen LogP contribution in [0.4, 0.5) is 0 Å². The Hall–Kier alpha value is -8.73. The molecule has 290 valence electrons. The van der Waals surface area contributed by atoms with E-state index in [9.17, 15) is 15.8 Å². The number of hydrogen-bond acceptors (Lipinski definition) is 5. The number of nitriles is 3. The van der Waals surface area contributed by atoms with E-state index in [1.807, 2.05) is 84.9 Å². The van der Waals surface area contributed by atoms with E-state index in [4.69, 9.17) is 4.42 Å². The molecule has 6 heteroatoms. The minimum atomic E-state index is 0.00635. The highest BCUT2D eigenvalue weighted by Gasteiger charge is 2.34. The minimum Gasteiger partial charge on any atom is -0.453 e. The zero-order chi connectivity index (χ0) is 42.2. The van der Waals surface area contributed by atoms with Crippen molar-refractivity contribution in [2.75, 3.05) is 0 Å². The number of hydrogen-bond donors (Lipinski definition) is 0. The van der Waals surface area contributed by atoms with Crippen LogP contribution in [0.25, 0.3) is 114 Å². The summed E-state index contributed by atoms with van der Waals surface area (Å²) in [6.45, 7) is 0. The van der Waals surface area contributed by atoms with Crippen LogP contribution in [-0.4, -0.2) is 4.57 Å². The van der Waals surface area contributed by atoms with Crippen molar-refractivity contribution in [2.24, 2.45) is 0 Å². The molecule has 63 heavy (non-hydrogen) atoms. The Labute approximate surface area is 365 Å². The molecule has 0 spiro atoms. The van der Waals surface area contributed by atoms with Crippen molar-refractivity contribution in [3.05, 3.63) is 199 Å². The number of para-hydroxylation sites is 1. The van der Waals surface area contributed by atoms with Crippen LogP contribution >= 0.6 is 11.3 Å². The molecule has 5 nitrogen and oxygen atoms in total. The van der Waals surface area contributed by atoms with E-state index in [-0.39, 0.29) is 16.7 Å². The van der Waals surface area contributed by atoms with Crippen LogP contribution in [-0.2, 0) is 0 Å². The first kappa shape index (κ1) is 36.1. The number of fused-ring (bicyclic) bond motifs is 10. The van der Waals surface area contributed by atoms with E-state index in [0.29, 0.717) is 27.6 Å². The van der Waals surface area contributed by atoms with Gasteiger partial charge >= 0.3 is 0 Å². The summed E-state index contributed by atoms with van der Waals surface area (Å²) in [6, 6.07) is 69.2. The van der Waals surface area contributed by atoms with Gasteiger partial charge in [-0.1, -0.05) is 158 Å². The Bertz CT molecular complexity index is 3970. The van der Waals surface area contributed by atoms with Gasteiger partial charge in [0.25, 0.3) is 0 Å². The van der Waals surface area contributed by atoms with E-state index in [2.05, 4.69) is 120 Å². The van der Waals surface area contributed by atoms with Crippen LogP contribution in [0.2, 0.25) is 0 Å². The fraction of sp³-hybridized carbons (Fsp3) is 0. The lowest BCUT2D eigenvalue weighted by atomic mass is 9.80. The van der Waals surface area contributed by atoms with Gasteiger partial charge in [-0.3, -0.25) is 0 Å². The summed E-state index contributed by atoms with van der Waals surface area (Å²) in [5.74, 6) is 0. The van der Waals surface area contributed by atoms with Gasteiger partial charge in [0.1, 0.15) is 29.5 Å². The molecular weight excluding hydrogens is 789 g/mol. The SMILES string of the molecule is N#Cc1c(C#N)c(C#N)c2c(oc3c(-c4ccccc4)c(-c4ccccc4)c(-c4ccccc4)c(-c4ccccc4)c32)c1-n1c2ccccc2c2c3c(ccc21)sc1ccccc13. The number of benzene rings is 9. The first-order chi connectivity index (χ1) is 31.2. The largest absolute Gasteiger partial charge is 0.453 e. The lowest BCUT2D eigenvalue weighted by Gasteiger charge is -2.22. The van der Waals surface area contributed by atoms with Crippen LogP contribution in [0.5, 0.6) is 0 Å². The fourth-order valence-corrected chi connectivity index (χ4v) is 11.0. The Kier molecular flexibility index (Phi) is 8.14. The number of nitrogens with zero attached hydrogens (tertiary/aromatic N) is 4. The average molecular weight is 819 g/mol. The van der Waals surface area contributed by atoms with Crippen molar-refractivity contribution >= 4 is 75.3 Å². The van der Waals surface area contributed by atoms with E-state index < -0.39 is 0 Å². The summed E-state index contributed by atoms with van der Waals surface area (Å²) < 4.78 is 11.9. The van der Waals surface area contributed by atoms with E-state index in [1.54, 1.807) is 11.3 Å². The maximum Gasteiger partial charge on any atom is 0.162 e. The predicted octanol–water partition coefficient (Wildman–Crippen LogP) is 15.3. The quantitative estimate of drug-likeness (QED) is 0.173. The minimum absolute atomic E-state index is 0.00635. The number of rotatable bonds is 5. The molecule has 12 rings (SSSR count). The highest BCUT2D eigenvalue weighted by molar-refractivity contribution is 7.26. The third-order valence-corrected chi connectivity index (χ3v) is 13.5. The molecule has 0 saturated heterocycles. The summed E-state index contributed by atoms with van der Waals surface area (Å²) in [5.41, 5.74) is 10.6. The summed E-state index contributed by atoms with van der Waals surface area (Å²) in [6.07, 6.45) is 0. The highest BCUT2D eigenvalue weighted by atomic mass is 32.1. The lowest BCUT2D eigenvalue weighted by molar-refractivity contribution is 0.667. The average Bonchev–Trinajstić information content (AvgIpc) is 4.03. The molecule has 0 unspecified atom stereocenters. The van der Waals surface area contributed by atoms with Gasteiger partial charge in [0, 0.05) is 53.0 Å². The summed E-state index contributed by atoms with van der Waals surface area (Å²) in [7, 11) is 0. The van der Waals surface area contributed by atoms with Gasteiger partial charge in [-0.05, 0) is 52.1 Å². The smallest absolute Gasteiger partial charge is 0.162 e. The van der Waals surface area contributed by atoms with Crippen molar-refractivity contribution in [3.63, 3.8) is 0 Å². The lowest BCUT2D eigenvalue weighted by Crippen LogP contribution is -2.03. The molecule has 0 aliphatic heterocycles. The number of aromatic nitrogens is 1. The van der Waals surface area contributed by atoms with Crippen molar-refractivity contribution in [2.45, 2.75) is 0 Å². The molecule has 0 atom stereocenters. The highest BCUT2D eigenvalue weighted by Crippen LogP contribution is 2.55. The van der Waals surface area contributed by atoms with Crippen LogP contribution in [0.1, 0.15) is 16.7 Å². The molecule has 0 N–H and O–H groups in total. The number of furan rings is 1. The molecule has 0 aliphatic carbocycles. The van der Waals surface area contributed by atoms with Gasteiger partial charge in [0.05, 0.1) is 33.1 Å². The summed E-state index contributed by atoms with van der Waals surface area (Å²) in [5, 5.41) is 39.3. The molecule has 12 aromatic rings. The Morgan fingerprint density at radius 3 is 1.48 bits per heavy atom. The summed E-state index contributed by atoms with van der Waals surface area (Å²) >= 11 is 1.75. The molecule has 0 bridgehead atoms. The molecule has 3 aromatic heterocycles. The molecule has 0 fully saturated rings. The second-order valence-electron chi connectivity index (χ2n) is 15.6. The molecule has 9 aromatic carbocycles. The molecular formula is C57H30N4OS. The van der Waals surface area contributed by atoms with Crippen molar-refractivity contribution in [3.8, 4) is 68.4 Å². The van der Waals surface area contributed by atoms with E-state index in [1.165, 1.54) is 4.70 Å². The topological polar surface area (TPSA) is 89.4 Å². The maximum absolute atomic E-state index is 11.3. The van der Waals surface area contributed by atoms with Gasteiger partial charge in [0.15, 0.2) is 5.58 Å². The third kappa shape index (κ3) is 5.19. The molecule has 0 radical (unpaired) electrons. The zero-order valence-electron chi connectivity index (χ0n) is 33.4. The second-order valence-corrected chi connectivity index (χ2v) is 16.7. The fourth-order valence-electron chi connectivity index (χ4n) is 9.84. The molecule has 0 aliphatic rings. The van der Waals surface area contributed by atoms with Gasteiger partial charge in [-0.25, -0.2) is 0 Å². The Morgan fingerprint density at radius 2 is 0.873 bits per heavy atom. The van der Waals surface area contributed by atoms with Crippen molar-refractivity contribution in [1.82, 2.24) is 4.57 Å². The van der Waals surface area contributed by atoms with Crippen molar-refractivity contribution in [1.29, 1.82) is 15.8 Å². The standard InChI is InChI=1S/C57H30N4OS/c58-31-40-41(32-59)53-54-49(36-21-9-3-10-22-36)47(34-17-5-1-6-18-34)48(35-19-7-2-8-20-35)50(37-23-11-4-12-24-37)56(54)62-57(53)55(42(40)33-60)61-43-27-15-13-25-38(43)51-44(61)29-30-46-52(51)39-26-14-16-28-45(39)63-46/h1-30H. The van der Waals surface area contributed by atoms with Gasteiger partial charge < -0.3 is 8.98 Å². The normalized spacial score (nSPS) is 11.4. The van der Waals surface area contributed by atoms with Crippen molar-refractivity contribution < 1.29 is 4.42 Å². The van der Waals surface area contributed by atoms with Gasteiger partial charge in [-0.15, -0.1) is 11.3 Å². The second kappa shape index (κ2) is 14.2. The molecule has 3 heterocycles. The molecule has 0 saturated carbocycles. The maximum atomic E-state index is 11.3. The predicted molar refractivity (Wildman–Crippen MR) is 257 cm³/mol.